The molecular weight excluding hydrogens is 468 g/mol. The highest BCUT2D eigenvalue weighted by molar-refractivity contribution is 5.73. The third-order valence-corrected chi connectivity index (χ3v) is 7.75. The van der Waals surface area contributed by atoms with Crippen LogP contribution in [0.1, 0.15) is 102 Å². The second-order valence-corrected chi connectivity index (χ2v) is 10.9. The zero-order valence-electron chi connectivity index (χ0n) is 23.4. The fraction of sp³-hybridized carbons (Fsp3) is 0.500. The van der Waals surface area contributed by atoms with Gasteiger partial charge in [-0.2, -0.15) is 0 Å². The van der Waals surface area contributed by atoms with Crippen LogP contribution in [0.3, 0.4) is 0 Å². The lowest BCUT2D eigenvalue weighted by atomic mass is 9.97. The molecule has 3 aromatic rings. The first-order valence-electron chi connectivity index (χ1n) is 14.9. The molecule has 0 aliphatic heterocycles. The van der Waals surface area contributed by atoms with Crippen molar-refractivity contribution in [2.45, 2.75) is 104 Å². The zero-order valence-corrected chi connectivity index (χ0v) is 23.4. The van der Waals surface area contributed by atoms with Gasteiger partial charge in [-0.1, -0.05) is 95.9 Å². The minimum atomic E-state index is -0.162. The van der Waals surface area contributed by atoms with Crippen molar-refractivity contribution in [2.75, 3.05) is 0 Å². The van der Waals surface area contributed by atoms with Crippen LogP contribution in [-0.4, -0.2) is 15.9 Å². The molecule has 4 nitrogen and oxygen atoms in total. The smallest absolute Gasteiger partial charge is 0.311 e. The Balaban J connectivity index is 1.28. The van der Waals surface area contributed by atoms with Gasteiger partial charge in [0.05, 0.1) is 0 Å². The Hall–Kier alpha value is -3.01. The van der Waals surface area contributed by atoms with E-state index in [9.17, 15) is 4.79 Å². The number of carbonyl (C=O) groups is 1. The lowest BCUT2D eigenvalue weighted by Gasteiger charge is -2.08. The van der Waals surface area contributed by atoms with Gasteiger partial charge in [0, 0.05) is 29.9 Å². The van der Waals surface area contributed by atoms with Crippen LogP contribution < -0.4 is 4.74 Å². The molecule has 2 aromatic carbocycles. The molecule has 0 radical (unpaired) electrons. The number of unbranched alkanes of at least 4 members (excludes halogenated alkanes) is 8. The van der Waals surface area contributed by atoms with E-state index in [1.807, 2.05) is 36.7 Å². The van der Waals surface area contributed by atoms with E-state index < -0.39 is 0 Å². The monoisotopic (exact) mass is 512 g/mol. The molecule has 38 heavy (non-hydrogen) atoms. The fourth-order valence-electron chi connectivity index (χ4n) is 5.49. The summed E-state index contributed by atoms with van der Waals surface area (Å²) in [7, 11) is 0. The minimum Gasteiger partial charge on any atom is -0.427 e. The summed E-state index contributed by atoms with van der Waals surface area (Å²) in [4.78, 5) is 21.4. The average molecular weight is 513 g/mol. The van der Waals surface area contributed by atoms with Gasteiger partial charge in [0.15, 0.2) is 5.82 Å². The van der Waals surface area contributed by atoms with E-state index in [4.69, 9.17) is 4.74 Å². The molecule has 0 fully saturated rings. The van der Waals surface area contributed by atoms with E-state index in [0.717, 1.165) is 54.1 Å². The standard InChI is InChI=1S/C34H44N2O2/c1-3-5-7-9-10-11-13-26-21-28-15-16-29(23-30(28)22-26)34-35-24-31(25-36-34)27-17-19-32(20-18-27)38-33(37)14-12-8-6-4-2/h15-20,23-26H,3-14,21-22H2,1-2H3. The number of benzene rings is 2. The summed E-state index contributed by atoms with van der Waals surface area (Å²) in [5.74, 6) is 1.98. The van der Waals surface area contributed by atoms with Gasteiger partial charge in [-0.05, 0) is 66.5 Å². The number of hydrogen-bond acceptors (Lipinski definition) is 4. The number of ether oxygens (including phenoxy) is 1. The molecule has 202 valence electrons. The summed E-state index contributed by atoms with van der Waals surface area (Å²) in [5, 5.41) is 0. The molecular formula is C34H44N2O2. The molecule has 4 rings (SSSR count). The Morgan fingerprint density at radius 1 is 0.737 bits per heavy atom. The topological polar surface area (TPSA) is 52.1 Å². The van der Waals surface area contributed by atoms with Crippen molar-refractivity contribution in [1.29, 1.82) is 0 Å². The Labute approximate surface area is 229 Å². The van der Waals surface area contributed by atoms with E-state index in [0.29, 0.717) is 12.2 Å². The van der Waals surface area contributed by atoms with Crippen LogP contribution in [0.15, 0.2) is 54.9 Å². The van der Waals surface area contributed by atoms with Crippen molar-refractivity contribution in [3.8, 4) is 28.3 Å². The summed E-state index contributed by atoms with van der Waals surface area (Å²) in [6, 6.07) is 14.4. The molecule has 1 aliphatic rings. The van der Waals surface area contributed by atoms with Gasteiger partial charge in [-0.15, -0.1) is 0 Å². The van der Waals surface area contributed by atoms with Gasteiger partial charge in [0.1, 0.15) is 5.75 Å². The molecule has 1 atom stereocenters. The third kappa shape index (κ3) is 8.24. The summed E-state index contributed by atoms with van der Waals surface area (Å²) < 4.78 is 5.48. The van der Waals surface area contributed by atoms with Crippen LogP contribution in [0, 0.1) is 5.92 Å². The molecule has 0 saturated heterocycles. The highest BCUT2D eigenvalue weighted by Crippen LogP contribution is 2.33. The second kappa shape index (κ2) is 14.8. The first-order valence-corrected chi connectivity index (χ1v) is 14.9. The maximum atomic E-state index is 12.0. The van der Waals surface area contributed by atoms with E-state index in [-0.39, 0.29) is 5.97 Å². The van der Waals surface area contributed by atoms with E-state index in [1.165, 1.54) is 68.9 Å². The average Bonchev–Trinajstić information content (AvgIpc) is 3.36. The quantitative estimate of drug-likeness (QED) is 0.116. The Bertz CT molecular complexity index is 1140. The molecule has 4 heteroatoms. The van der Waals surface area contributed by atoms with Gasteiger partial charge in [-0.25, -0.2) is 9.97 Å². The van der Waals surface area contributed by atoms with Crippen molar-refractivity contribution in [3.05, 3.63) is 66.0 Å². The minimum absolute atomic E-state index is 0.162. The molecule has 0 amide bonds. The van der Waals surface area contributed by atoms with Gasteiger partial charge in [0.2, 0.25) is 0 Å². The van der Waals surface area contributed by atoms with Crippen molar-refractivity contribution >= 4 is 5.97 Å². The molecule has 0 saturated carbocycles. The lowest BCUT2D eigenvalue weighted by Crippen LogP contribution is -2.07. The summed E-state index contributed by atoms with van der Waals surface area (Å²) in [6.45, 7) is 4.44. The molecule has 1 unspecified atom stereocenters. The van der Waals surface area contributed by atoms with Gasteiger partial charge >= 0.3 is 5.97 Å². The van der Waals surface area contributed by atoms with Crippen LogP contribution in [0.2, 0.25) is 0 Å². The molecule has 0 bridgehead atoms. The predicted octanol–water partition coefficient (Wildman–Crippen LogP) is 9.15. The number of fused-ring (bicyclic) bond motifs is 1. The van der Waals surface area contributed by atoms with Gasteiger partial charge < -0.3 is 4.74 Å². The Morgan fingerprint density at radius 3 is 2.11 bits per heavy atom. The normalized spacial score (nSPS) is 14.4. The zero-order chi connectivity index (χ0) is 26.6. The number of esters is 1. The van der Waals surface area contributed by atoms with Crippen LogP contribution in [-0.2, 0) is 17.6 Å². The van der Waals surface area contributed by atoms with E-state index >= 15 is 0 Å². The molecule has 1 heterocycles. The van der Waals surface area contributed by atoms with Gasteiger partial charge in [0.25, 0.3) is 0 Å². The van der Waals surface area contributed by atoms with Crippen LogP contribution in [0.5, 0.6) is 5.75 Å². The summed E-state index contributed by atoms with van der Waals surface area (Å²) >= 11 is 0. The van der Waals surface area contributed by atoms with Gasteiger partial charge in [-0.3, -0.25) is 4.79 Å². The number of rotatable bonds is 15. The lowest BCUT2D eigenvalue weighted by molar-refractivity contribution is -0.134. The van der Waals surface area contributed by atoms with Crippen molar-refractivity contribution in [2.24, 2.45) is 5.92 Å². The number of nitrogens with zero attached hydrogens (tertiary/aromatic N) is 2. The maximum Gasteiger partial charge on any atom is 0.311 e. The summed E-state index contributed by atoms with van der Waals surface area (Å²) in [5.41, 5.74) is 6.03. The predicted molar refractivity (Wildman–Crippen MR) is 156 cm³/mol. The van der Waals surface area contributed by atoms with Crippen molar-refractivity contribution < 1.29 is 9.53 Å². The molecule has 0 spiro atoms. The SMILES string of the molecule is CCCCCCCCC1Cc2ccc(-c3ncc(-c4ccc(OC(=O)CCCCCC)cc4)cn3)cc2C1. The van der Waals surface area contributed by atoms with Crippen LogP contribution >= 0.6 is 0 Å². The molecule has 0 N–H and O–H groups in total. The first-order chi connectivity index (χ1) is 18.7. The van der Waals surface area contributed by atoms with Crippen molar-refractivity contribution in [1.82, 2.24) is 9.97 Å². The number of hydrogen-bond donors (Lipinski definition) is 0. The highest BCUT2D eigenvalue weighted by Gasteiger charge is 2.21. The fourth-order valence-corrected chi connectivity index (χ4v) is 5.49. The van der Waals surface area contributed by atoms with Crippen LogP contribution in [0.4, 0.5) is 0 Å². The molecule has 1 aromatic heterocycles. The first kappa shape index (κ1) is 28.0. The maximum absolute atomic E-state index is 12.0. The van der Waals surface area contributed by atoms with E-state index in [2.05, 4.69) is 42.0 Å². The third-order valence-electron chi connectivity index (χ3n) is 7.75. The highest BCUT2D eigenvalue weighted by atomic mass is 16.5. The number of carbonyl (C=O) groups excluding carboxylic acids is 1. The molecule has 1 aliphatic carbocycles. The summed E-state index contributed by atoms with van der Waals surface area (Å²) in [6.07, 6.45) is 20.5. The Morgan fingerprint density at radius 2 is 1.37 bits per heavy atom. The van der Waals surface area contributed by atoms with Crippen LogP contribution in [0.25, 0.3) is 22.5 Å². The van der Waals surface area contributed by atoms with Crippen molar-refractivity contribution in [3.63, 3.8) is 0 Å². The Kier molecular flexibility index (Phi) is 10.9. The van der Waals surface area contributed by atoms with E-state index in [1.54, 1.807) is 0 Å². The largest absolute Gasteiger partial charge is 0.427 e. The number of aromatic nitrogens is 2. The second-order valence-electron chi connectivity index (χ2n) is 10.9.